The molecule has 3 aliphatic rings. The lowest BCUT2D eigenvalue weighted by molar-refractivity contribution is -0.142. The van der Waals surface area contributed by atoms with Crippen LogP contribution in [0.15, 0.2) is 53.7 Å². The number of halogens is 1. The number of hydrogen-bond donors (Lipinski definition) is 4. The number of alkyl halides is 1. The van der Waals surface area contributed by atoms with Crippen LogP contribution >= 0.6 is 0 Å². The van der Waals surface area contributed by atoms with Crippen LogP contribution in [0.3, 0.4) is 0 Å². The highest BCUT2D eigenvalue weighted by Crippen LogP contribution is 2.41. The summed E-state index contributed by atoms with van der Waals surface area (Å²) in [7, 11) is -4.16. The molecule has 0 radical (unpaired) electrons. The summed E-state index contributed by atoms with van der Waals surface area (Å²) in [5, 5.41) is 13.9. The van der Waals surface area contributed by atoms with Gasteiger partial charge in [0, 0.05) is 29.9 Å². The van der Waals surface area contributed by atoms with Gasteiger partial charge in [-0.1, -0.05) is 38.2 Å². The maximum Gasteiger partial charge on any atom is 0.404 e. The van der Waals surface area contributed by atoms with E-state index in [4.69, 9.17) is 5.11 Å². The van der Waals surface area contributed by atoms with Gasteiger partial charge in [0.2, 0.25) is 11.8 Å². The predicted octanol–water partition coefficient (Wildman–Crippen LogP) is 4.35. The first-order valence-electron chi connectivity index (χ1n) is 16.3. The molecule has 3 fully saturated rings. The Kier molecular flexibility index (Phi) is 11.1. The first-order valence-corrected chi connectivity index (χ1v) is 17.8. The number of nitrogens with zero attached hydrogens (tertiary/aromatic N) is 2. The molecule has 1 aromatic carbocycles. The van der Waals surface area contributed by atoms with E-state index in [2.05, 4.69) is 15.6 Å². The Morgan fingerprint density at radius 3 is 2.26 bits per heavy atom. The molecule has 2 aromatic rings. The van der Waals surface area contributed by atoms with Gasteiger partial charge >= 0.3 is 6.09 Å². The highest BCUT2D eigenvalue weighted by Gasteiger charge is 2.47. The Hall–Kier alpha value is -4.07. The Bertz CT molecular complexity index is 1530. The number of carbonyl (C=O) groups excluding carboxylic acids is 3. The normalized spacial score (nSPS) is 24.2. The van der Waals surface area contributed by atoms with Crippen molar-refractivity contribution < 1.29 is 37.1 Å². The topological polar surface area (TPSA) is 175 Å². The molecule has 1 aromatic heterocycles. The summed E-state index contributed by atoms with van der Waals surface area (Å²) in [5.74, 6) is -1.42. The molecule has 3 atom stereocenters. The number of aromatic nitrogens is 1. The fourth-order valence-electron chi connectivity index (χ4n) is 7.56. The number of pyridine rings is 1. The first kappa shape index (κ1) is 34.3. The SMILES string of the molecule is O=C(O)N[C@H](CF)C1CCC(C(=O)N2CC[C@@H](C3CCCCC3)[C@H]2C(=O)Nc2ccc(C(=O)NS(=O)(=O)c3ccccn3)cc2)CC1. The van der Waals surface area contributed by atoms with Crippen LogP contribution in [0.25, 0.3) is 0 Å². The average Bonchev–Trinajstić information content (AvgIpc) is 3.53. The number of carboxylic acid groups (broad SMARTS) is 1. The molecule has 0 bridgehead atoms. The minimum Gasteiger partial charge on any atom is -0.465 e. The van der Waals surface area contributed by atoms with Gasteiger partial charge in [-0.2, -0.15) is 8.42 Å². The van der Waals surface area contributed by atoms with Gasteiger partial charge in [0.15, 0.2) is 5.03 Å². The lowest BCUT2D eigenvalue weighted by Crippen LogP contribution is -2.50. The molecule has 1 aliphatic heterocycles. The zero-order chi connectivity index (χ0) is 33.6. The fraction of sp³-hybridized carbons (Fsp3) is 0.545. The minimum absolute atomic E-state index is 0.00753. The van der Waals surface area contributed by atoms with E-state index >= 15 is 0 Å². The standard InChI is InChI=1S/C33H42FN5O7S/c34-20-27(37-33(43)44)22-9-11-24(12-10-22)32(42)39-19-17-26(21-6-2-1-3-7-21)29(39)31(41)36-25-15-13-23(14-16-25)30(40)38-47(45,46)28-8-4-5-18-35-28/h4-5,8,13-16,18,21-22,24,26-27,29,37H,1-3,6-7,9-12,17,19-20H2,(H,36,41)(H,38,40)(H,43,44)/t22?,24?,26-,27+,29-/m0/s1. The van der Waals surface area contributed by atoms with Gasteiger partial charge in [-0.3, -0.25) is 14.4 Å². The van der Waals surface area contributed by atoms with Crippen molar-refractivity contribution in [1.29, 1.82) is 0 Å². The monoisotopic (exact) mass is 671 g/mol. The molecule has 0 spiro atoms. The Labute approximate surface area is 273 Å². The van der Waals surface area contributed by atoms with Crippen molar-refractivity contribution >= 4 is 39.5 Å². The Morgan fingerprint density at radius 2 is 1.64 bits per heavy atom. The molecule has 47 heavy (non-hydrogen) atoms. The van der Waals surface area contributed by atoms with E-state index in [1.54, 1.807) is 11.0 Å². The maximum absolute atomic E-state index is 13.9. The van der Waals surface area contributed by atoms with Crippen molar-refractivity contribution in [3.63, 3.8) is 0 Å². The molecule has 2 saturated carbocycles. The average molecular weight is 672 g/mol. The quantitative estimate of drug-likeness (QED) is 0.288. The van der Waals surface area contributed by atoms with Gasteiger partial charge in [-0.25, -0.2) is 18.9 Å². The van der Waals surface area contributed by atoms with Gasteiger partial charge in [0.25, 0.3) is 15.9 Å². The molecular formula is C33H42FN5O7S. The first-order chi connectivity index (χ1) is 22.6. The number of amides is 4. The number of nitrogens with one attached hydrogen (secondary N) is 3. The molecule has 254 valence electrons. The molecule has 2 aliphatic carbocycles. The maximum atomic E-state index is 13.9. The Morgan fingerprint density at radius 1 is 0.936 bits per heavy atom. The lowest BCUT2D eigenvalue weighted by Gasteiger charge is -2.37. The third kappa shape index (κ3) is 8.27. The van der Waals surface area contributed by atoms with Gasteiger partial charge in [-0.15, -0.1) is 0 Å². The lowest BCUT2D eigenvalue weighted by atomic mass is 9.76. The largest absolute Gasteiger partial charge is 0.465 e. The zero-order valence-electron chi connectivity index (χ0n) is 26.1. The number of sulfonamides is 1. The molecule has 1 saturated heterocycles. The van der Waals surface area contributed by atoms with Crippen LogP contribution in [0.1, 0.15) is 74.6 Å². The second-order valence-corrected chi connectivity index (χ2v) is 14.4. The summed E-state index contributed by atoms with van der Waals surface area (Å²) >= 11 is 0. The van der Waals surface area contributed by atoms with Crippen LogP contribution in [0.5, 0.6) is 0 Å². The predicted molar refractivity (Wildman–Crippen MR) is 171 cm³/mol. The third-order valence-electron chi connectivity index (χ3n) is 9.97. The van der Waals surface area contributed by atoms with Crippen molar-refractivity contribution in [2.45, 2.75) is 81.3 Å². The minimum atomic E-state index is -4.16. The number of anilines is 1. The summed E-state index contributed by atoms with van der Waals surface area (Å²) in [6.07, 6.45) is 8.16. The van der Waals surface area contributed by atoms with Crippen molar-refractivity contribution in [3.8, 4) is 0 Å². The van der Waals surface area contributed by atoms with Crippen LogP contribution in [0.4, 0.5) is 14.9 Å². The van der Waals surface area contributed by atoms with Crippen LogP contribution in [0, 0.1) is 23.7 Å². The molecule has 4 N–H and O–H groups in total. The van der Waals surface area contributed by atoms with Crippen LogP contribution in [-0.2, 0) is 19.6 Å². The third-order valence-corrected chi connectivity index (χ3v) is 11.2. The second kappa shape index (κ2) is 15.2. The van der Waals surface area contributed by atoms with Gasteiger partial charge in [-0.05, 0) is 86.3 Å². The van der Waals surface area contributed by atoms with Crippen LogP contribution in [0.2, 0.25) is 0 Å². The number of likely N-dealkylation sites (tertiary alicyclic amines) is 1. The van der Waals surface area contributed by atoms with E-state index in [-0.39, 0.29) is 40.2 Å². The molecule has 14 heteroatoms. The zero-order valence-corrected chi connectivity index (χ0v) is 27.0. The summed E-state index contributed by atoms with van der Waals surface area (Å²) in [6, 6.07) is 8.74. The van der Waals surface area contributed by atoms with E-state index in [1.165, 1.54) is 42.6 Å². The fourth-order valence-corrected chi connectivity index (χ4v) is 8.48. The molecule has 2 heterocycles. The van der Waals surface area contributed by atoms with E-state index in [1.807, 2.05) is 4.72 Å². The van der Waals surface area contributed by atoms with E-state index in [9.17, 15) is 32.0 Å². The van der Waals surface area contributed by atoms with Gasteiger partial charge < -0.3 is 20.6 Å². The smallest absolute Gasteiger partial charge is 0.404 e. The van der Waals surface area contributed by atoms with E-state index in [0.717, 1.165) is 38.5 Å². The number of rotatable bonds is 10. The number of benzene rings is 1. The molecule has 0 unspecified atom stereocenters. The molecular weight excluding hydrogens is 629 g/mol. The van der Waals surface area contributed by atoms with Gasteiger partial charge in [0.05, 0.1) is 6.04 Å². The van der Waals surface area contributed by atoms with Crippen molar-refractivity contribution in [2.24, 2.45) is 23.7 Å². The van der Waals surface area contributed by atoms with Crippen molar-refractivity contribution in [2.75, 3.05) is 18.5 Å². The Balaban J connectivity index is 1.26. The summed E-state index contributed by atoms with van der Waals surface area (Å²) < 4.78 is 40.6. The van der Waals surface area contributed by atoms with Crippen LogP contribution < -0.4 is 15.4 Å². The summed E-state index contributed by atoms with van der Waals surface area (Å²) in [6.45, 7) is -0.335. The second-order valence-electron chi connectivity index (χ2n) is 12.8. The van der Waals surface area contributed by atoms with Crippen LogP contribution in [-0.4, -0.2) is 72.5 Å². The number of hydrogen-bond acceptors (Lipinski definition) is 7. The van der Waals surface area contributed by atoms with E-state index < -0.39 is 40.8 Å². The van der Waals surface area contributed by atoms with Crippen molar-refractivity contribution in [3.05, 3.63) is 54.2 Å². The number of carbonyl (C=O) groups is 4. The summed E-state index contributed by atoms with van der Waals surface area (Å²) in [4.78, 5) is 57.1. The van der Waals surface area contributed by atoms with E-state index in [0.29, 0.717) is 43.8 Å². The van der Waals surface area contributed by atoms with Crippen molar-refractivity contribution in [1.82, 2.24) is 19.9 Å². The van der Waals surface area contributed by atoms with Gasteiger partial charge in [0.1, 0.15) is 12.7 Å². The summed E-state index contributed by atoms with van der Waals surface area (Å²) in [5.41, 5.74) is 0.481. The highest BCUT2D eigenvalue weighted by atomic mass is 32.2. The molecule has 5 rings (SSSR count). The highest BCUT2D eigenvalue weighted by molar-refractivity contribution is 7.90. The molecule has 4 amide bonds. The molecule has 12 nitrogen and oxygen atoms in total.